The first kappa shape index (κ1) is 10.8. The summed E-state index contributed by atoms with van der Waals surface area (Å²) in [5.41, 5.74) is 0. The van der Waals surface area contributed by atoms with Crippen LogP contribution in [0.5, 0.6) is 0 Å². The standard InChI is InChI=1S/C9H12ClN3OS/c10-6-1-3-7(4-2-6)12-9(14)8-5-11-13-15-8/h5-7H,1-4H2,(H,12,14). The third-order valence-corrected chi connectivity index (χ3v) is 3.68. The van der Waals surface area contributed by atoms with Crippen molar-refractivity contribution in [2.45, 2.75) is 37.1 Å². The minimum absolute atomic E-state index is 0.0666. The summed E-state index contributed by atoms with van der Waals surface area (Å²) in [6, 6.07) is 0.259. The van der Waals surface area contributed by atoms with Crippen LogP contribution in [0.15, 0.2) is 6.20 Å². The summed E-state index contributed by atoms with van der Waals surface area (Å²) in [7, 11) is 0. The normalized spacial score (nSPS) is 26.2. The van der Waals surface area contributed by atoms with E-state index in [4.69, 9.17) is 11.6 Å². The Morgan fingerprint density at radius 1 is 1.47 bits per heavy atom. The van der Waals surface area contributed by atoms with E-state index < -0.39 is 0 Å². The fourth-order valence-electron chi connectivity index (χ4n) is 1.72. The summed E-state index contributed by atoms with van der Waals surface area (Å²) < 4.78 is 3.66. The number of carbonyl (C=O) groups is 1. The van der Waals surface area contributed by atoms with Crippen LogP contribution >= 0.6 is 23.1 Å². The van der Waals surface area contributed by atoms with Crippen molar-refractivity contribution in [3.8, 4) is 0 Å². The molecule has 4 nitrogen and oxygen atoms in total. The molecule has 0 aliphatic heterocycles. The number of amides is 1. The lowest BCUT2D eigenvalue weighted by Crippen LogP contribution is -2.37. The molecule has 1 amide bonds. The van der Waals surface area contributed by atoms with E-state index in [1.54, 1.807) is 0 Å². The van der Waals surface area contributed by atoms with E-state index in [0.29, 0.717) is 4.88 Å². The largest absolute Gasteiger partial charge is 0.349 e. The van der Waals surface area contributed by atoms with Gasteiger partial charge in [0.15, 0.2) is 0 Å². The monoisotopic (exact) mass is 245 g/mol. The molecule has 6 heteroatoms. The van der Waals surface area contributed by atoms with Crippen molar-refractivity contribution in [2.24, 2.45) is 0 Å². The summed E-state index contributed by atoms with van der Waals surface area (Å²) in [5.74, 6) is -0.0666. The van der Waals surface area contributed by atoms with E-state index in [0.717, 1.165) is 37.2 Å². The van der Waals surface area contributed by atoms with Crippen LogP contribution in [0, 0.1) is 0 Å². The molecule has 1 aromatic rings. The molecule has 82 valence electrons. The van der Waals surface area contributed by atoms with E-state index >= 15 is 0 Å². The zero-order valence-corrected chi connectivity index (χ0v) is 9.72. The van der Waals surface area contributed by atoms with Gasteiger partial charge in [0.25, 0.3) is 5.91 Å². The molecular formula is C9H12ClN3OS. The van der Waals surface area contributed by atoms with Crippen molar-refractivity contribution < 1.29 is 4.79 Å². The first-order valence-electron chi connectivity index (χ1n) is 4.98. The highest BCUT2D eigenvalue weighted by Gasteiger charge is 2.21. The minimum Gasteiger partial charge on any atom is -0.349 e. The predicted molar refractivity (Wildman–Crippen MR) is 59.3 cm³/mol. The smallest absolute Gasteiger partial charge is 0.264 e. The van der Waals surface area contributed by atoms with Crippen molar-refractivity contribution >= 4 is 29.0 Å². The van der Waals surface area contributed by atoms with Crippen LogP contribution in [0.1, 0.15) is 35.4 Å². The van der Waals surface area contributed by atoms with Gasteiger partial charge in [-0.25, -0.2) is 0 Å². The van der Waals surface area contributed by atoms with Crippen LogP contribution in [0.25, 0.3) is 0 Å². The van der Waals surface area contributed by atoms with Crippen LogP contribution in [0.4, 0.5) is 0 Å². The lowest BCUT2D eigenvalue weighted by Gasteiger charge is -2.25. The Kier molecular flexibility index (Phi) is 3.53. The van der Waals surface area contributed by atoms with Gasteiger partial charge in [0.1, 0.15) is 4.88 Å². The number of hydrogen-bond donors (Lipinski definition) is 1. The van der Waals surface area contributed by atoms with Crippen molar-refractivity contribution in [3.05, 3.63) is 11.1 Å². The average molecular weight is 246 g/mol. The second kappa shape index (κ2) is 4.90. The highest BCUT2D eigenvalue weighted by Crippen LogP contribution is 2.23. The maximum absolute atomic E-state index is 11.6. The number of alkyl halides is 1. The molecular weight excluding hydrogens is 234 g/mol. The van der Waals surface area contributed by atoms with E-state index in [-0.39, 0.29) is 17.3 Å². The number of halogens is 1. The number of nitrogens with one attached hydrogen (secondary N) is 1. The molecule has 0 radical (unpaired) electrons. The van der Waals surface area contributed by atoms with Crippen molar-refractivity contribution in [1.29, 1.82) is 0 Å². The molecule has 1 heterocycles. The van der Waals surface area contributed by atoms with Gasteiger partial charge >= 0.3 is 0 Å². The molecule has 1 aliphatic carbocycles. The minimum atomic E-state index is -0.0666. The average Bonchev–Trinajstić information content (AvgIpc) is 2.74. The zero-order chi connectivity index (χ0) is 10.7. The molecule has 1 fully saturated rings. The molecule has 0 spiro atoms. The van der Waals surface area contributed by atoms with Crippen LogP contribution in [0.3, 0.4) is 0 Å². The molecule has 2 rings (SSSR count). The second-order valence-electron chi connectivity index (χ2n) is 3.70. The molecule has 15 heavy (non-hydrogen) atoms. The number of rotatable bonds is 2. The Morgan fingerprint density at radius 2 is 2.20 bits per heavy atom. The molecule has 0 saturated heterocycles. The topological polar surface area (TPSA) is 54.9 Å². The van der Waals surface area contributed by atoms with Gasteiger partial charge in [-0.15, -0.1) is 16.7 Å². The third-order valence-electron chi connectivity index (χ3n) is 2.58. The van der Waals surface area contributed by atoms with E-state index in [9.17, 15) is 4.79 Å². The van der Waals surface area contributed by atoms with Gasteiger partial charge in [0.2, 0.25) is 0 Å². The number of hydrogen-bond acceptors (Lipinski definition) is 4. The summed E-state index contributed by atoms with van der Waals surface area (Å²) in [6.07, 6.45) is 5.38. The van der Waals surface area contributed by atoms with E-state index in [1.165, 1.54) is 6.20 Å². The third kappa shape index (κ3) is 2.89. The lowest BCUT2D eigenvalue weighted by atomic mass is 9.95. The van der Waals surface area contributed by atoms with Crippen LogP contribution in [-0.2, 0) is 0 Å². The number of aromatic nitrogens is 2. The maximum atomic E-state index is 11.6. The van der Waals surface area contributed by atoms with Gasteiger partial charge in [-0.1, -0.05) is 4.49 Å². The molecule has 0 unspecified atom stereocenters. The Labute approximate surface area is 97.2 Å². The van der Waals surface area contributed by atoms with Gasteiger partial charge in [0, 0.05) is 11.4 Å². The first-order valence-corrected chi connectivity index (χ1v) is 6.19. The predicted octanol–water partition coefficient (Wildman–Crippen LogP) is 1.82. The Morgan fingerprint density at radius 3 is 2.80 bits per heavy atom. The fourth-order valence-corrected chi connectivity index (χ4v) is 2.39. The SMILES string of the molecule is O=C(NC1CCC(Cl)CC1)c1cnns1. The van der Waals surface area contributed by atoms with Gasteiger partial charge in [0.05, 0.1) is 6.20 Å². The van der Waals surface area contributed by atoms with Crippen LogP contribution in [0.2, 0.25) is 0 Å². The highest BCUT2D eigenvalue weighted by molar-refractivity contribution is 7.07. The first-order chi connectivity index (χ1) is 7.25. The second-order valence-corrected chi connectivity index (χ2v) is 5.11. The molecule has 0 aromatic carbocycles. The summed E-state index contributed by atoms with van der Waals surface area (Å²) in [5, 5.41) is 6.89. The Balaban J connectivity index is 1.85. The van der Waals surface area contributed by atoms with Crippen molar-refractivity contribution in [3.63, 3.8) is 0 Å². The van der Waals surface area contributed by atoms with Crippen molar-refractivity contribution in [1.82, 2.24) is 14.9 Å². The molecule has 1 aliphatic rings. The summed E-state index contributed by atoms with van der Waals surface area (Å²) >= 11 is 7.11. The van der Waals surface area contributed by atoms with Gasteiger partial charge in [-0.05, 0) is 37.2 Å². The zero-order valence-electron chi connectivity index (χ0n) is 8.15. The number of carbonyl (C=O) groups excluding carboxylic acids is 1. The Bertz CT molecular complexity index is 322. The summed E-state index contributed by atoms with van der Waals surface area (Å²) in [6.45, 7) is 0. The lowest BCUT2D eigenvalue weighted by molar-refractivity contribution is 0.0932. The van der Waals surface area contributed by atoms with Crippen LogP contribution in [-0.4, -0.2) is 26.9 Å². The van der Waals surface area contributed by atoms with Gasteiger partial charge in [-0.2, -0.15) is 0 Å². The van der Waals surface area contributed by atoms with Gasteiger partial charge < -0.3 is 5.32 Å². The quantitative estimate of drug-likeness (QED) is 0.809. The van der Waals surface area contributed by atoms with Gasteiger partial charge in [-0.3, -0.25) is 4.79 Å². The van der Waals surface area contributed by atoms with E-state index in [1.807, 2.05) is 0 Å². The van der Waals surface area contributed by atoms with E-state index in [2.05, 4.69) is 14.9 Å². The number of nitrogens with zero attached hydrogens (tertiary/aromatic N) is 2. The summed E-state index contributed by atoms with van der Waals surface area (Å²) in [4.78, 5) is 12.2. The molecule has 0 bridgehead atoms. The van der Waals surface area contributed by atoms with Crippen molar-refractivity contribution in [2.75, 3.05) is 0 Å². The molecule has 1 saturated carbocycles. The maximum Gasteiger partial charge on any atom is 0.264 e. The fraction of sp³-hybridized carbons (Fsp3) is 0.667. The molecule has 1 N–H and O–H groups in total. The highest BCUT2D eigenvalue weighted by atomic mass is 35.5. The molecule has 1 aromatic heterocycles. The molecule has 0 atom stereocenters. The Hall–Kier alpha value is -0.680. The van der Waals surface area contributed by atoms with Crippen LogP contribution < -0.4 is 5.32 Å².